The number of H-pyrrole nitrogens is 1. The first kappa shape index (κ1) is 55.7. The molecule has 28 heteroatoms. The Morgan fingerprint density at radius 1 is 0.690 bits per heavy atom. The van der Waals surface area contributed by atoms with Gasteiger partial charge >= 0.3 is 24.1 Å². The molecular formula is C43H47BF4N8O14S. The number of hydrogen-bond donors (Lipinski definition) is 11. The van der Waals surface area contributed by atoms with Crippen LogP contribution in [0.2, 0.25) is 0 Å². The van der Waals surface area contributed by atoms with Gasteiger partial charge in [0.15, 0.2) is 0 Å². The third-order valence-corrected chi connectivity index (χ3v) is 12.0. The number of carboxylic acid groups (broad SMARTS) is 3. The Morgan fingerprint density at radius 3 is 1.89 bits per heavy atom. The van der Waals surface area contributed by atoms with Gasteiger partial charge in [0.05, 0.1) is 23.4 Å². The number of rotatable bonds is 26. The van der Waals surface area contributed by atoms with E-state index in [2.05, 4.69) is 26.3 Å². The van der Waals surface area contributed by atoms with Crippen LogP contribution in [0.15, 0.2) is 77.8 Å². The van der Waals surface area contributed by atoms with Crippen molar-refractivity contribution in [2.45, 2.75) is 86.2 Å². The highest BCUT2D eigenvalue weighted by Crippen LogP contribution is 2.29. The molecule has 0 unspecified atom stereocenters. The fourth-order valence-electron chi connectivity index (χ4n) is 6.97. The summed E-state index contributed by atoms with van der Waals surface area (Å²) in [6, 6.07) is 4.52. The Bertz CT molecular complexity index is 2800. The van der Waals surface area contributed by atoms with Crippen molar-refractivity contribution in [3.63, 3.8) is 0 Å². The van der Waals surface area contributed by atoms with E-state index in [1.165, 1.54) is 12.1 Å². The van der Waals surface area contributed by atoms with E-state index in [1.54, 1.807) is 35.2 Å². The summed E-state index contributed by atoms with van der Waals surface area (Å²) in [6.07, 6.45) is -8.07. The summed E-state index contributed by atoms with van der Waals surface area (Å²) < 4.78 is 83.1. The van der Waals surface area contributed by atoms with E-state index < -0.39 is 161 Å². The zero-order chi connectivity index (χ0) is 52.8. The summed E-state index contributed by atoms with van der Waals surface area (Å²) in [4.78, 5) is 117. The summed E-state index contributed by atoms with van der Waals surface area (Å²) in [5.41, 5.74) is 4.98. The van der Waals surface area contributed by atoms with E-state index >= 15 is 0 Å². The topological polar surface area (TPSA) is 362 Å². The van der Waals surface area contributed by atoms with Crippen LogP contribution in [0, 0.1) is 5.82 Å². The van der Waals surface area contributed by atoms with E-state index in [0.29, 0.717) is 16.5 Å². The lowest BCUT2D eigenvalue weighted by atomic mass is 9.90. The average molecular weight is 1020 g/mol. The van der Waals surface area contributed by atoms with Gasteiger partial charge in [-0.25, -0.2) is 12.8 Å². The Labute approximate surface area is 401 Å². The Balaban J connectivity index is 1.57. The molecule has 0 spiro atoms. The maximum absolute atomic E-state index is 14.3. The summed E-state index contributed by atoms with van der Waals surface area (Å²) in [5, 5.41) is 39.8. The second-order valence-corrected chi connectivity index (χ2v) is 17.6. The Kier molecular flexibility index (Phi) is 19.3. The van der Waals surface area contributed by atoms with Crippen molar-refractivity contribution in [2.75, 3.05) is 6.54 Å². The number of amides is 6. The normalized spacial score (nSPS) is 13.6. The van der Waals surface area contributed by atoms with Gasteiger partial charge in [0.25, 0.3) is 0 Å². The van der Waals surface area contributed by atoms with Crippen LogP contribution in [0.5, 0.6) is 0 Å². The number of halogens is 4. The highest BCUT2D eigenvalue weighted by Gasteiger charge is 2.36. The first-order chi connectivity index (χ1) is 33.2. The molecule has 0 bridgehead atoms. The SMILES string of the molecule is Bc1ccc(S(=O)(=O)N[C@H](CC(=O)O)C(=O)N[C@@H](CCC(=O)O)C(=O)NCC(=O)N[C@@H](Cc2cccc(F)c2)C(=O)N[C@@H](Cc2c[nH]c3ccccc23)C(=O)N[C@@H](CCC(=O)O)C(N)=O)cc1C(F)(F)F. The Morgan fingerprint density at radius 2 is 1.28 bits per heavy atom. The van der Waals surface area contributed by atoms with E-state index in [1.807, 2.05) is 5.32 Å². The van der Waals surface area contributed by atoms with Gasteiger partial charge in [0, 0.05) is 42.8 Å². The lowest BCUT2D eigenvalue weighted by molar-refractivity contribution is -0.140. The molecule has 0 radical (unpaired) electrons. The largest absolute Gasteiger partial charge is 0.481 e. The number of benzene rings is 3. The molecule has 6 amide bonds. The molecule has 1 aromatic heterocycles. The molecule has 0 fully saturated rings. The summed E-state index contributed by atoms with van der Waals surface area (Å²) >= 11 is 0. The maximum Gasteiger partial charge on any atom is 0.415 e. The molecule has 0 saturated heterocycles. The number of carbonyl (C=O) groups is 9. The van der Waals surface area contributed by atoms with Crippen LogP contribution in [0.4, 0.5) is 17.6 Å². The molecule has 5 atom stereocenters. The first-order valence-electron chi connectivity index (χ1n) is 21.2. The van der Waals surface area contributed by atoms with Gasteiger partial charge in [-0.3, -0.25) is 43.2 Å². The highest BCUT2D eigenvalue weighted by atomic mass is 32.2. The summed E-state index contributed by atoms with van der Waals surface area (Å²) in [7, 11) is -4.03. The van der Waals surface area contributed by atoms with E-state index in [9.17, 15) is 79.3 Å². The second-order valence-electron chi connectivity index (χ2n) is 15.9. The zero-order valence-electron chi connectivity index (χ0n) is 37.3. The molecule has 4 aromatic rings. The van der Waals surface area contributed by atoms with Gasteiger partial charge in [-0.05, 0) is 54.3 Å². The molecule has 3 aromatic carbocycles. The minimum atomic E-state index is -5.08. The monoisotopic (exact) mass is 1020 g/mol. The zero-order valence-corrected chi connectivity index (χ0v) is 38.1. The minimum Gasteiger partial charge on any atom is -0.481 e. The lowest BCUT2D eigenvalue weighted by Gasteiger charge is -2.25. The highest BCUT2D eigenvalue weighted by molar-refractivity contribution is 7.89. The standard InChI is InChI=1S/C43H47BF4N8O14S/c44-27-9-8-24(17-26(27)43(46,47)48)71(69,70)56-33(18-37(62)63)42(68)54-30(11-13-36(60)61)39(65)51-20-34(57)52-31(15-21-4-3-5-23(45)14-21)40(66)55-32(16-22-19-50-28-7-2-1-6-25(22)28)41(67)53-29(38(49)64)10-12-35(58)59/h1-9,14,17,19,29-33,50,56H,10-13,15-16,18,20,44H2,(H2,49,64)(H,51,65)(H,52,57)(H,53,67)(H,54,68)(H,55,66)(H,58,59)(H,60,61)(H,62,63)/t29-,30-,31-,32-,33+/m0/s1. The Hall–Kier alpha value is -7.88. The van der Waals surface area contributed by atoms with Gasteiger partial charge < -0.3 is 52.6 Å². The van der Waals surface area contributed by atoms with Gasteiger partial charge in [-0.1, -0.05) is 41.9 Å². The van der Waals surface area contributed by atoms with Crippen molar-refractivity contribution in [1.82, 2.24) is 36.3 Å². The van der Waals surface area contributed by atoms with Crippen molar-refractivity contribution in [1.29, 1.82) is 0 Å². The molecular weight excluding hydrogens is 971 g/mol. The number of fused-ring (bicyclic) bond motifs is 1. The second kappa shape index (κ2) is 24.6. The number of sulfonamides is 1. The minimum absolute atomic E-state index is 0.140. The van der Waals surface area contributed by atoms with E-state index in [0.717, 1.165) is 32.1 Å². The van der Waals surface area contributed by atoms with Crippen LogP contribution in [0.1, 0.15) is 48.8 Å². The van der Waals surface area contributed by atoms with Crippen molar-refractivity contribution in [2.24, 2.45) is 5.73 Å². The van der Waals surface area contributed by atoms with Crippen LogP contribution < -0.4 is 42.5 Å². The predicted octanol–water partition coefficient (Wildman–Crippen LogP) is -1.54. The van der Waals surface area contributed by atoms with Crippen molar-refractivity contribution in [3.05, 3.63) is 95.4 Å². The molecule has 1 heterocycles. The maximum atomic E-state index is 14.3. The quantitative estimate of drug-likeness (QED) is 0.0251. The molecule has 0 aliphatic carbocycles. The molecule has 12 N–H and O–H groups in total. The number of aliphatic carboxylic acids is 3. The average Bonchev–Trinajstić information content (AvgIpc) is 3.69. The first-order valence-corrected chi connectivity index (χ1v) is 22.6. The molecule has 0 aliphatic heterocycles. The van der Waals surface area contributed by atoms with Gasteiger partial charge in [-0.2, -0.15) is 17.9 Å². The summed E-state index contributed by atoms with van der Waals surface area (Å²) in [5.74, 6) is -12.5. The van der Waals surface area contributed by atoms with Gasteiger partial charge in [0.1, 0.15) is 43.9 Å². The summed E-state index contributed by atoms with van der Waals surface area (Å²) in [6.45, 7) is -1.03. The number of nitrogens with two attached hydrogens (primary N) is 1. The van der Waals surface area contributed by atoms with Gasteiger partial charge in [0.2, 0.25) is 45.5 Å². The third-order valence-electron chi connectivity index (χ3n) is 10.5. The molecule has 4 rings (SSSR count). The van der Waals surface area contributed by atoms with Crippen molar-refractivity contribution >= 4 is 87.6 Å². The fraction of sp³-hybridized carbons (Fsp3) is 0.326. The molecule has 0 aliphatic rings. The number of carboxylic acids is 3. The van der Waals surface area contributed by atoms with Crippen LogP contribution in [-0.4, -0.2) is 127 Å². The predicted molar refractivity (Wildman–Crippen MR) is 242 cm³/mol. The number of aromatic nitrogens is 1. The number of para-hydroxylation sites is 1. The number of aromatic amines is 1. The van der Waals surface area contributed by atoms with Crippen molar-refractivity contribution < 1.29 is 84.4 Å². The number of nitrogens with one attached hydrogen (secondary N) is 7. The molecule has 71 heavy (non-hydrogen) atoms. The van der Waals surface area contributed by atoms with Crippen molar-refractivity contribution in [3.8, 4) is 0 Å². The number of primary amides is 1. The van der Waals surface area contributed by atoms with E-state index in [4.69, 9.17) is 10.8 Å². The van der Waals surface area contributed by atoms with Crippen LogP contribution >= 0.6 is 0 Å². The van der Waals surface area contributed by atoms with Crippen LogP contribution in [0.25, 0.3) is 10.9 Å². The van der Waals surface area contributed by atoms with Crippen LogP contribution in [-0.2, 0) is 72.2 Å². The van der Waals surface area contributed by atoms with Crippen LogP contribution in [0.3, 0.4) is 0 Å². The molecule has 380 valence electrons. The number of hydrogen-bond acceptors (Lipinski definition) is 11. The number of alkyl halides is 3. The molecule has 0 saturated carbocycles. The van der Waals surface area contributed by atoms with Gasteiger partial charge in [-0.15, -0.1) is 0 Å². The fourth-order valence-corrected chi connectivity index (χ4v) is 8.19. The third kappa shape index (κ3) is 16.9. The smallest absolute Gasteiger partial charge is 0.415 e. The van der Waals surface area contributed by atoms with E-state index in [-0.39, 0.29) is 23.5 Å². The lowest BCUT2D eigenvalue weighted by Crippen LogP contribution is -2.58. The molecule has 22 nitrogen and oxygen atoms in total. The number of carbonyl (C=O) groups excluding carboxylic acids is 6.